The molecular formula is C15H23N5. The predicted octanol–water partition coefficient (Wildman–Crippen LogP) is 2.90. The lowest BCUT2D eigenvalue weighted by molar-refractivity contribution is 0.286. The molecular weight excluding hydrogens is 250 g/mol. The van der Waals surface area contributed by atoms with Crippen LogP contribution in [0.2, 0.25) is 0 Å². The van der Waals surface area contributed by atoms with E-state index in [9.17, 15) is 0 Å². The molecule has 0 atom stereocenters. The number of aromatic nitrogens is 1. The summed E-state index contributed by atoms with van der Waals surface area (Å²) in [6.45, 7) is 10.7. The minimum absolute atomic E-state index is 0.127. The van der Waals surface area contributed by atoms with Crippen molar-refractivity contribution in [1.29, 1.82) is 5.26 Å². The van der Waals surface area contributed by atoms with Gasteiger partial charge in [0.2, 0.25) is 12.2 Å². The summed E-state index contributed by atoms with van der Waals surface area (Å²) in [5.41, 5.74) is 6.73. The molecule has 0 aliphatic heterocycles. The molecule has 0 saturated heterocycles. The van der Waals surface area contributed by atoms with Gasteiger partial charge >= 0.3 is 0 Å². The quantitative estimate of drug-likeness (QED) is 0.522. The van der Waals surface area contributed by atoms with Crippen LogP contribution in [-0.2, 0) is 0 Å². The summed E-state index contributed by atoms with van der Waals surface area (Å²) in [7, 11) is 0. The number of aliphatic imine (C=N–C) groups is 1. The molecule has 1 heterocycles. The number of guanidine groups is 1. The van der Waals surface area contributed by atoms with Gasteiger partial charge in [-0.3, -0.25) is 4.98 Å². The molecule has 0 amide bonds. The Bertz CT molecular complexity index is 505. The Labute approximate surface area is 121 Å². The first kappa shape index (κ1) is 16.0. The van der Waals surface area contributed by atoms with Crippen LogP contribution in [0, 0.1) is 16.9 Å². The van der Waals surface area contributed by atoms with Gasteiger partial charge in [0, 0.05) is 23.6 Å². The van der Waals surface area contributed by atoms with Gasteiger partial charge in [-0.05, 0) is 37.8 Å². The van der Waals surface area contributed by atoms with E-state index < -0.39 is 0 Å². The van der Waals surface area contributed by atoms with Crippen molar-refractivity contribution in [1.82, 2.24) is 4.98 Å². The van der Waals surface area contributed by atoms with Gasteiger partial charge in [0.15, 0.2) is 0 Å². The fraction of sp³-hybridized carbons (Fsp3) is 0.533. The lowest BCUT2D eigenvalue weighted by Gasteiger charge is -2.42. The first-order valence-corrected chi connectivity index (χ1v) is 6.60. The van der Waals surface area contributed by atoms with Gasteiger partial charge in [-0.1, -0.05) is 20.8 Å². The molecule has 0 radical (unpaired) electrons. The van der Waals surface area contributed by atoms with Crippen molar-refractivity contribution in [2.75, 3.05) is 4.90 Å². The van der Waals surface area contributed by atoms with E-state index in [-0.39, 0.29) is 16.9 Å². The van der Waals surface area contributed by atoms with E-state index >= 15 is 0 Å². The van der Waals surface area contributed by atoms with Crippen LogP contribution in [0.5, 0.6) is 0 Å². The van der Waals surface area contributed by atoms with E-state index in [1.807, 2.05) is 17.0 Å². The van der Waals surface area contributed by atoms with Crippen LogP contribution in [0.3, 0.4) is 0 Å². The van der Waals surface area contributed by atoms with E-state index in [2.05, 4.69) is 44.6 Å². The standard InChI is InChI=1S/C15H23N5/c1-14(2,3)10-15(4,5)20(13(17)19-11-16)12-6-8-18-9-7-12/h6-9H,10H2,1-5H3,(H2,17,19). The number of nitrogens with zero attached hydrogens (tertiary/aromatic N) is 4. The summed E-state index contributed by atoms with van der Waals surface area (Å²) < 4.78 is 0. The van der Waals surface area contributed by atoms with E-state index in [0.29, 0.717) is 0 Å². The largest absolute Gasteiger partial charge is 0.369 e. The smallest absolute Gasteiger partial charge is 0.212 e. The Morgan fingerprint density at radius 3 is 2.30 bits per heavy atom. The molecule has 0 aliphatic rings. The summed E-state index contributed by atoms with van der Waals surface area (Å²) in [6, 6.07) is 3.73. The highest BCUT2D eigenvalue weighted by Crippen LogP contribution is 2.34. The van der Waals surface area contributed by atoms with Gasteiger partial charge < -0.3 is 10.6 Å². The summed E-state index contributed by atoms with van der Waals surface area (Å²) in [5.74, 6) is 0.202. The van der Waals surface area contributed by atoms with E-state index in [4.69, 9.17) is 11.0 Å². The van der Waals surface area contributed by atoms with Gasteiger partial charge in [-0.25, -0.2) is 0 Å². The molecule has 1 aromatic heterocycles. The maximum Gasteiger partial charge on any atom is 0.212 e. The van der Waals surface area contributed by atoms with Crippen LogP contribution in [0.4, 0.5) is 5.69 Å². The molecule has 0 saturated carbocycles. The zero-order valence-corrected chi connectivity index (χ0v) is 12.9. The highest BCUT2D eigenvalue weighted by atomic mass is 15.3. The zero-order valence-electron chi connectivity index (χ0n) is 12.9. The van der Waals surface area contributed by atoms with Crippen LogP contribution in [-0.4, -0.2) is 16.5 Å². The Hall–Kier alpha value is -2.09. The van der Waals surface area contributed by atoms with Gasteiger partial charge in [0.1, 0.15) is 0 Å². The van der Waals surface area contributed by atoms with E-state index in [1.54, 1.807) is 18.6 Å². The Morgan fingerprint density at radius 1 is 1.30 bits per heavy atom. The molecule has 0 spiro atoms. The molecule has 0 unspecified atom stereocenters. The lowest BCUT2D eigenvalue weighted by atomic mass is 9.80. The Balaban J connectivity index is 3.25. The topological polar surface area (TPSA) is 78.3 Å². The van der Waals surface area contributed by atoms with Crippen molar-refractivity contribution in [3.05, 3.63) is 24.5 Å². The van der Waals surface area contributed by atoms with E-state index in [0.717, 1.165) is 12.1 Å². The molecule has 5 nitrogen and oxygen atoms in total. The van der Waals surface area contributed by atoms with Gasteiger partial charge in [-0.2, -0.15) is 5.26 Å². The lowest BCUT2D eigenvalue weighted by Crippen LogP contribution is -2.53. The van der Waals surface area contributed by atoms with Gasteiger partial charge in [-0.15, -0.1) is 4.99 Å². The normalized spacial score (nSPS) is 12.9. The van der Waals surface area contributed by atoms with Crippen molar-refractivity contribution in [3.8, 4) is 6.19 Å². The maximum absolute atomic E-state index is 8.77. The molecule has 108 valence electrons. The second kappa shape index (κ2) is 5.91. The maximum atomic E-state index is 8.77. The third kappa shape index (κ3) is 4.23. The number of nitriles is 1. The van der Waals surface area contributed by atoms with Crippen LogP contribution in [0.15, 0.2) is 29.5 Å². The first-order valence-electron chi connectivity index (χ1n) is 6.60. The van der Waals surface area contributed by atoms with Crippen molar-refractivity contribution in [2.24, 2.45) is 16.1 Å². The first-order chi connectivity index (χ1) is 9.17. The van der Waals surface area contributed by atoms with Crippen molar-refractivity contribution in [3.63, 3.8) is 0 Å². The predicted molar refractivity (Wildman–Crippen MR) is 82.1 cm³/mol. The Morgan fingerprint density at radius 2 is 1.85 bits per heavy atom. The number of rotatable bonds is 3. The van der Waals surface area contributed by atoms with Crippen molar-refractivity contribution >= 4 is 11.6 Å². The number of pyridine rings is 1. The number of hydrogen-bond donors (Lipinski definition) is 1. The third-order valence-corrected chi connectivity index (χ3v) is 2.88. The van der Waals surface area contributed by atoms with Crippen molar-refractivity contribution in [2.45, 2.75) is 46.6 Å². The van der Waals surface area contributed by atoms with E-state index in [1.165, 1.54) is 0 Å². The Kier molecular flexibility index (Phi) is 4.72. The molecule has 0 bridgehead atoms. The fourth-order valence-corrected chi connectivity index (χ4v) is 2.76. The number of hydrogen-bond acceptors (Lipinski definition) is 3. The molecule has 0 aromatic carbocycles. The molecule has 2 N–H and O–H groups in total. The van der Waals surface area contributed by atoms with Crippen molar-refractivity contribution < 1.29 is 0 Å². The average Bonchev–Trinajstić information content (AvgIpc) is 2.27. The molecule has 1 aromatic rings. The van der Waals surface area contributed by atoms with Crippen LogP contribution < -0.4 is 10.6 Å². The molecule has 1 rings (SSSR count). The summed E-state index contributed by atoms with van der Waals surface area (Å²) in [5, 5.41) is 8.77. The van der Waals surface area contributed by atoms with Crippen LogP contribution >= 0.6 is 0 Å². The second-order valence-electron chi connectivity index (χ2n) is 6.66. The summed E-state index contributed by atoms with van der Waals surface area (Å²) >= 11 is 0. The molecule has 5 heteroatoms. The highest BCUT2D eigenvalue weighted by Gasteiger charge is 2.34. The minimum Gasteiger partial charge on any atom is -0.369 e. The molecule has 20 heavy (non-hydrogen) atoms. The second-order valence-corrected chi connectivity index (χ2v) is 6.66. The number of nitrogens with two attached hydrogens (primary N) is 1. The third-order valence-electron chi connectivity index (χ3n) is 2.88. The van der Waals surface area contributed by atoms with Gasteiger partial charge in [0.25, 0.3) is 0 Å². The highest BCUT2D eigenvalue weighted by molar-refractivity contribution is 5.96. The zero-order chi connectivity index (χ0) is 15.4. The van der Waals surface area contributed by atoms with Crippen LogP contribution in [0.1, 0.15) is 41.0 Å². The molecule has 0 fully saturated rings. The fourth-order valence-electron chi connectivity index (χ4n) is 2.76. The SMILES string of the molecule is CC(C)(C)CC(C)(C)N(C(N)=NC#N)c1ccncc1. The average molecular weight is 273 g/mol. The monoisotopic (exact) mass is 273 g/mol. The van der Waals surface area contributed by atoms with Gasteiger partial charge in [0.05, 0.1) is 0 Å². The number of anilines is 1. The van der Waals surface area contributed by atoms with Crippen LogP contribution in [0.25, 0.3) is 0 Å². The molecule has 0 aliphatic carbocycles. The summed E-state index contributed by atoms with van der Waals surface area (Å²) in [6.07, 6.45) is 6.06. The minimum atomic E-state index is -0.274. The summed E-state index contributed by atoms with van der Waals surface area (Å²) in [4.78, 5) is 9.61.